The molecule has 0 fully saturated rings. The second-order valence-electron chi connectivity index (χ2n) is 5.72. The largest absolute Gasteiger partial charge is 0.396 e. The van der Waals surface area contributed by atoms with Crippen LogP contribution in [0.15, 0.2) is 48.5 Å². The number of carbonyl (C=O) groups excluding carboxylic acids is 2. The molecule has 0 saturated carbocycles. The third-order valence-corrected chi connectivity index (χ3v) is 3.81. The van der Waals surface area contributed by atoms with Crippen LogP contribution in [0.2, 0.25) is 0 Å². The van der Waals surface area contributed by atoms with Crippen molar-refractivity contribution < 1.29 is 19.1 Å². The Hall–Kier alpha value is -2.73. The van der Waals surface area contributed by atoms with E-state index in [1.807, 2.05) is 30.3 Å². The molecule has 2 amide bonds. The molecule has 2 aromatic rings. The second kappa shape index (κ2) is 8.94. The molecule has 0 aliphatic heterocycles. The lowest BCUT2D eigenvalue weighted by atomic mass is 10.0. The summed E-state index contributed by atoms with van der Waals surface area (Å²) in [4.78, 5) is 24.3. The van der Waals surface area contributed by atoms with Crippen LogP contribution in [0, 0.1) is 12.7 Å². The summed E-state index contributed by atoms with van der Waals surface area (Å²) in [7, 11) is 0. The summed E-state index contributed by atoms with van der Waals surface area (Å²) < 4.78 is 13.3. The van der Waals surface area contributed by atoms with Crippen LogP contribution in [-0.2, 0) is 9.59 Å². The van der Waals surface area contributed by atoms with Crippen molar-refractivity contribution >= 4 is 17.5 Å². The van der Waals surface area contributed by atoms with E-state index in [9.17, 15) is 14.0 Å². The third kappa shape index (κ3) is 5.39. The fourth-order valence-electron chi connectivity index (χ4n) is 2.43. The molecule has 1 unspecified atom stereocenters. The molecule has 1 atom stereocenters. The average molecular weight is 344 g/mol. The maximum Gasteiger partial charge on any atom is 0.313 e. The second-order valence-corrected chi connectivity index (χ2v) is 5.72. The van der Waals surface area contributed by atoms with Crippen molar-refractivity contribution in [2.24, 2.45) is 0 Å². The van der Waals surface area contributed by atoms with Gasteiger partial charge < -0.3 is 15.7 Å². The number of benzene rings is 2. The highest BCUT2D eigenvalue weighted by atomic mass is 19.1. The number of aryl methyl sites for hydroxylation is 1. The summed E-state index contributed by atoms with van der Waals surface area (Å²) in [5, 5.41) is 14.1. The van der Waals surface area contributed by atoms with Crippen molar-refractivity contribution in [3.05, 3.63) is 65.5 Å². The molecule has 0 aliphatic rings. The Morgan fingerprint density at radius 1 is 1.12 bits per heavy atom. The monoisotopic (exact) mass is 344 g/mol. The highest BCUT2D eigenvalue weighted by molar-refractivity contribution is 6.39. The fourth-order valence-corrected chi connectivity index (χ4v) is 2.43. The number of hydrogen-bond acceptors (Lipinski definition) is 3. The Kier molecular flexibility index (Phi) is 6.65. The number of halogens is 1. The molecule has 0 saturated heterocycles. The molecule has 25 heavy (non-hydrogen) atoms. The lowest BCUT2D eigenvalue weighted by molar-refractivity contribution is -0.136. The van der Waals surface area contributed by atoms with Crippen molar-refractivity contribution in [1.82, 2.24) is 5.32 Å². The molecule has 132 valence electrons. The molecular weight excluding hydrogens is 323 g/mol. The van der Waals surface area contributed by atoms with Crippen LogP contribution >= 0.6 is 0 Å². The van der Waals surface area contributed by atoms with Crippen molar-refractivity contribution in [2.45, 2.75) is 25.8 Å². The predicted molar refractivity (Wildman–Crippen MR) is 93.4 cm³/mol. The van der Waals surface area contributed by atoms with E-state index < -0.39 is 17.6 Å². The molecule has 0 aliphatic carbocycles. The Labute approximate surface area is 145 Å². The lowest BCUT2D eigenvalue weighted by Gasteiger charge is -2.19. The van der Waals surface area contributed by atoms with Crippen LogP contribution in [0.5, 0.6) is 0 Å². The Morgan fingerprint density at radius 2 is 1.84 bits per heavy atom. The van der Waals surface area contributed by atoms with E-state index in [0.29, 0.717) is 18.4 Å². The molecule has 0 aromatic heterocycles. The number of rotatable bonds is 6. The van der Waals surface area contributed by atoms with Gasteiger partial charge in [-0.3, -0.25) is 9.59 Å². The zero-order valence-electron chi connectivity index (χ0n) is 14.0. The minimum atomic E-state index is -0.862. The number of aliphatic hydroxyl groups is 1. The van der Waals surface area contributed by atoms with Crippen LogP contribution in [0.4, 0.5) is 10.1 Å². The van der Waals surface area contributed by atoms with Gasteiger partial charge in [0.15, 0.2) is 0 Å². The van der Waals surface area contributed by atoms with E-state index in [1.54, 1.807) is 6.92 Å². The smallest absolute Gasteiger partial charge is 0.313 e. The van der Waals surface area contributed by atoms with Gasteiger partial charge in [-0.15, -0.1) is 0 Å². The topological polar surface area (TPSA) is 78.4 Å². The van der Waals surface area contributed by atoms with Crippen molar-refractivity contribution in [3.8, 4) is 0 Å². The Bertz CT molecular complexity index is 735. The van der Waals surface area contributed by atoms with Gasteiger partial charge in [0.05, 0.1) is 6.04 Å². The molecule has 3 N–H and O–H groups in total. The summed E-state index contributed by atoms with van der Waals surface area (Å²) in [5.41, 5.74) is 1.76. The summed E-state index contributed by atoms with van der Waals surface area (Å²) in [6.45, 7) is 1.70. The van der Waals surface area contributed by atoms with Gasteiger partial charge in [0.1, 0.15) is 5.82 Å². The number of anilines is 1. The molecule has 0 spiro atoms. The first kappa shape index (κ1) is 18.6. The number of nitrogens with one attached hydrogen (secondary N) is 2. The first-order valence-corrected chi connectivity index (χ1v) is 8.05. The highest BCUT2D eigenvalue weighted by Crippen LogP contribution is 2.19. The van der Waals surface area contributed by atoms with Gasteiger partial charge in [0, 0.05) is 12.3 Å². The number of aliphatic hydroxyl groups excluding tert-OH is 1. The number of carbonyl (C=O) groups is 2. The molecule has 0 bridgehead atoms. The molecule has 0 radical (unpaired) electrons. The summed E-state index contributed by atoms with van der Waals surface area (Å²) in [6.07, 6.45) is 0.989. The minimum absolute atomic E-state index is 0.00606. The fraction of sp³-hybridized carbons (Fsp3) is 0.263. The molecular formula is C19H21FN2O3. The molecule has 6 heteroatoms. The molecule has 2 rings (SSSR count). The van der Waals surface area contributed by atoms with E-state index in [0.717, 1.165) is 5.56 Å². The van der Waals surface area contributed by atoms with E-state index >= 15 is 0 Å². The van der Waals surface area contributed by atoms with Crippen molar-refractivity contribution in [3.63, 3.8) is 0 Å². The van der Waals surface area contributed by atoms with Gasteiger partial charge in [-0.2, -0.15) is 0 Å². The third-order valence-electron chi connectivity index (χ3n) is 3.81. The lowest BCUT2D eigenvalue weighted by Crippen LogP contribution is -2.38. The summed E-state index contributed by atoms with van der Waals surface area (Å²) in [5.74, 6) is -2.17. The van der Waals surface area contributed by atoms with Gasteiger partial charge in [-0.1, -0.05) is 36.4 Å². The van der Waals surface area contributed by atoms with Gasteiger partial charge in [0.25, 0.3) is 0 Å². The van der Waals surface area contributed by atoms with E-state index in [4.69, 9.17) is 5.11 Å². The zero-order valence-corrected chi connectivity index (χ0v) is 14.0. The standard InChI is InChI=1S/C19H21FN2O3/c1-13-9-10-15(20)12-17(13)22-19(25)18(24)21-16(8-5-11-23)14-6-3-2-4-7-14/h2-4,6-7,9-10,12,16,23H,5,8,11H2,1H3,(H,21,24)(H,22,25). The van der Waals surface area contributed by atoms with E-state index in [-0.39, 0.29) is 18.3 Å². The first-order chi connectivity index (χ1) is 12.0. The maximum absolute atomic E-state index is 13.3. The quantitative estimate of drug-likeness (QED) is 0.705. The molecule has 5 nitrogen and oxygen atoms in total. The van der Waals surface area contributed by atoms with Gasteiger partial charge in [0.2, 0.25) is 0 Å². The van der Waals surface area contributed by atoms with Crippen LogP contribution in [0.1, 0.15) is 30.0 Å². The first-order valence-electron chi connectivity index (χ1n) is 8.05. The van der Waals surface area contributed by atoms with E-state index in [1.165, 1.54) is 18.2 Å². The van der Waals surface area contributed by atoms with Crippen LogP contribution in [0.25, 0.3) is 0 Å². The van der Waals surface area contributed by atoms with Crippen LogP contribution in [-0.4, -0.2) is 23.5 Å². The summed E-state index contributed by atoms with van der Waals surface area (Å²) >= 11 is 0. The SMILES string of the molecule is Cc1ccc(F)cc1NC(=O)C(=O)NC(CCCO)c1ccccc1. The normalized spacial score (nSPS) is 11.6. The minimum Gasteiger partial charge on any atom is -0.396 e. The van der Waals surface area contributed by atoms with Crippen LogP contribution < -0.4 is 10.6 Å². The summed E-state index contributed by atoms with van der Waals surface area (Å²) in [6, 6.07) is 12.8. The maximum atomic E-state index is 13.3. The van der Waals surface area contributed by atoms with Gasteiger partial charge >= 0.3 is 11.8 Å². The Balaban J connectivity index is 2.06. The molecule has 0 heterocycles. The molecule has 2 aromatic carbocycles. The van der Waals surface area contributed by atoms with Crippen LogP contribution in [0.3, 0.4) is 0 Å². The predicted octanol–water partition coefficient (Wildman–Crippen LogP) is 2.70. The van der Waals surface area contributed by atoms with Crippen molar-refractivity contribution in [2.75, 3.05) is 11.9 Å². The zero-order chi connectivity index (χ0) is 18.2. The van der Waals surface area contributed by atoms with Gasteiger partial charge in [-0.05, 0) is 43.0 Å². The number of hydrogen-bond donors (Lipinski definition) is 3. The van der Waals surface area contributed by atoms with Gasteiger partial charge in [-0.25, -0.2) is 4.39 Å². The number of amides is 2. The van der Waals surface area contributed by atoms with E-state index in [2.05, 4.69) is 10.6 Å². The van der Waals surface area contributed by atoms with Crippen molar-refractivity contribution in [1.29, 1.82) is 0 Å². The average Bonchev–Trinajstić information content (AvgIpc) is 2.62. The highest BCUT2D eigenvalue weighted by Gasteiger charge is 2.20. The Morgan fingerprint density at radius 3 is 2.52 bits per heavy atom.